The number of rotatable bonds is 3. The summed E-state index contributed by atoms with van der Waals surface area (Å²) in [7, 11) is 0. The van der Waals surface area contributed by atoms with Crippen molar-refractivity contribution in [2.24, 2.45) is 0 Å². The molecule has 1 aliphatic heterocycles. The van der Waals surface area contributed by atoms with Gasteiger partial charge in [-0.05, 0) is 18.6 Å². The molecule has 5 nitrogen and oxygen atoms in total. The summed E-state index contributed by atoms with van der Waals surface area (Å²) in [5.74, 6) is -0.563. The molecule has 1 saturated heterocycles. The fraction of sp³-hybridized carbons (Fsp3) is 0.357. The number of likely N-dealkylation sites (tertiary alicyclic amines) is 1. The molecule has 0 saturated carbocycles. The molecule has 3 rings (SSSR count). The van der Waals surface area contributed by atoms with Crippen LogP contribution in [0.2, 0.25) is 5.02 Å². The van der Waals surface area contributed by atoms with Gasteiger partial charge in [-0.3, -0.25) is 4.79 Å². The summed E-state index contributed by atoms with van der Waals surface area (Å²) in [5.41, 5.74) is 0.258. The summed E-state index contributed by atoms with van der Waals surface area (Å²) >= 11 is 5.96. The molecule has 0 radical (unpaired) electrons. The number of benzene rings is 1. The van der Waals surface area contributed by atoms with E-state index >= 15 is 0 Å². The Morgan fingerprint density at radius 1 is 1.48 bits per heavy atom. The molecule has 0 bridgehead atoms. The summed E-state index contributed by atoms with van der Waals surface area (Å²) in [4.78, 5) is 14.0. The van der Waals surface area contributed by atoms with Crippen LogP contribution in [-0.2, 0) is 11.2 Å². The fourth-order valence-electron chi connectivity index (χ4n) is 2.56. The van der Waals surface area contributed by atoms with E-state index in [-0.39, 0.29) is 29.0 Å². The summed E-state index contributed by atoms with van der Waals surface area (Å²) in [5, 5.41) is 8.01. The summed E-state index contributed by atoms with van der Waals surface area (Å²) in [6, 6.07) is 4.57. The topological polar surface area (TPSA) is 51.0 Å². The highest BCUT2D eigenvalue weighted by Crippen LogP contribution is 2.24. The van der Waals surface area contributed by atoms with Gasteiger partial charge < -0.3 is 4.90 Å². The highest BCUT2D eigenvalue weighted by Gasteiger charge is 2.28. The van der Waals surface area contributed by atoms with E-state index in [2.05, 4.69) is 10.3 Å². The minimum absolute atomic E-state index is 0.0183. The number of halogens is 2. The van der Waals surface area contributed by atoms with Crippen LogP contribution in [0.3, 0.4) is 0 Å². The highest BCUT2D eigenvalue weighted by molar-refractivity contribution is 6.31. The predicted molar refractivity (Wildman–Crippen MR) is 75.4 cm³/mol. The lowest BCUT2D eigenvalue weighted by Gasteiger charge is -2.17. The van der Waals surface area contributed by atoms with Crippen LogP contribution in [0.5, 0.6) is 0 Å². The first-order valence-electron chi connectivity index (χ1n) is 6.71. The van der Waals surface area contributed by atoms with E-state index in [0.29, 0.717) is 13.1 Å². The third-order valence-electron chi connectivity index (χ3n) is 3.72. The fourth-order valence-corrected chi connectivity index (χ4v) is 2.79. The molecule has 0 unspecified atom stereocenters. The molecule has 2 heterocycles. The third-order valence-corrected chi connectivity index (χ3v) is 4.07. The standard InChI is InChI=1S/C14H14ClFN4O/c15-12-2-1-3-13(16)11(12)8-14(21)19-6-4-10(9-19)20-7-5-17-18-20/h1-3,5,7,10H,4,6,8-9H2/t10-/m0/s1. The molecule has 110 valence electrons. The van der Waals surface area contributed by atoms with E-state index in [0.717, 1.165) is 6.42 Å². The molecule has 7 heteroatoms. The van der Waals surface area contributed by atoms with Crippen LogP contribution in [0.1, 0.15) is 18.0 Å². The molecule has 1 atom stereocenters. The molecule has 1 amide bonds. The zero-order valence-corrected chi connectivity index (χ0v) is 12.0. The van der Waals surface area contributed by atoms with Crippen LogP contribution in [0.25, 0.3) is 0 Å². The lowest BCUT2D eigenvalue weighted by molar-refractivity contribution is -0.129. The van der Waals surface area contributed by atoms with Crippen LogP contribution in [0, 0.1) is 5.82 Å². The van der Waals surface area contributed by atoms with Gasteiger partial charge in [0, 0.05) is 29.9 Å². The molecule has 1 aliphatic rings. The van der Waals surface area contributed by atoms with Crippen molar-refractivity contribution in [3.05, 3.63) is 47.0 Å². The van der Waals surface area contributed by atoms with E-state index < -0.39 is 5.82 Å². The Kier molecular flexibility index (Phi) is 3.88. The molecular weight excluding hydrogens is 295 g/mol. The molecule has 0 spiro atoms. The lowest BCUT2D eigenvalue weighted by Crippen LogP contribution is -2.30. The number of hydrogen-bond donors (Lipinski definition) is 0. The average Bonchev–Trinajstić information content (AvgIpc) is 3.12. The summed E-state index contributed by atoms with van der Waals surface area (Å²) in [6.07, 6.45) is 4.20. The number of amides is 1. The second kappa shape index (κ2) is 5.81. The number of nitrogens with zero attached hydrogens (tertiary/aromatic N) is 4. The Hall–Kier alpha value is -1.95. The summed E-state index contributed by atoms with van der Waals surface area (Å²) < 4.78 is 15.5. The number of aromatic nitrogens is 3. The van der Waals surface area contributed by atoms with E-state index in [1.807, 2.05) is 0 Å². The van der Waals surface area contributed by atoms with Crippen molar-refractivity contribution in [1.82, 2.24) is 19.9 Å². The molecule has 1 aromatic heterocycles. The van der Waals surface area contributed by atoms with Gasteiger partial charge >= 0.3 is 0 Å². The van der Waals surface area contributed by atoms with Crippen LogP contribution in [0.4, 0.5) is 4.39 Å². The normalized spacial score (nSPS) is 18.2. The van der Waals surface area contributed by atoms with Gasteiger partial charge in [-0.1, -0.05) is 22.9 Å². The maximum atomic E-state index is 13.7. The Morgan fingerprint density at radius 3 is 3.05 bits per heavy atom. The monoisotopic (exact) mass is 308 g/mol. The highest BCUT2D eigenvalue weighted by atomic mass is 35.5. The third kappa shape index (κ3) is 2.90. The number of carbonyl (C=O) groups is 1. The molecule has 21 heavy (non-hydrogen) atoms. The second-order valence-corrected chi connectivity index (χ2v) is 5.45. The van der Waals surface area contributed by atoms with Gasteiger partial charge in [-0.15, -0.1) is 5.10 Å². The Morgan fingerprint density at radius 2 is 2.33 bits per heavy atom. The Labute approximate surface area is 126 Å². The lowest BCUT2D eigenvalue weighted by atomic mass is 10.1. The Balaban J connectivity index is 1.67. The van der Waals surface area contributed by atoms with E-state index in [4.69, 9.17) is 11.6 Å². The second-order valence-electron chi connectivity index (χ2n) is 5.04. The SMILES string of the molecule is O=C(Cc1c(F)cccc1Cl)N1CC[C@H](n2ccnn2)C1. The van der Waals surface area contributed by atoms with Gasteiger partial charge in [-0.2, -0.15) is 0 Å². The van der Waals surface area contributed by atoms with E-state index in [9.17, 15) is 9.18 Å². The van der Waals surface area contributed by atoms with Crippen LogP contribution in [-0.4, -0.2) is 38.9 Å². The predicted octanol–water partition coefficient (Wildman–Crippen LogP) is 2.09. The molecule has 0 aliphatic carbocycles. The first-order valence-corrected chi connectivity index (χ1v) is 7.09. The van der Waals surface area contributed by atoms with Crippen LogP contribution < -0.4 is 0 Å². The van der Waals surface area contributed by atoms with Crippen molar-refractivity contribution >= 4 is 17.5 Å². The molecular formula is C14H14ClFN4O. The van der Waals surface area contributed by atoms with Gasteiger partial charge in [0.2, 0.25) is 5.91 Å². The van der Waals surface area contributed by atoms with Gasteiger partial charge in [0.05, 0.1) is 18.7 Å². The quantitative estimate of drug-likeness (QED) is 0.872. The van der Waals surface area contributed by atoms with Crippen molar-refractivity contribution in [2.75, 3.05) is 13.1 Å². The van der Waals surface area contributed by atoms with Crippen molar-refractivity contribution < 1.29 is 9.18 Å². The molecule has 1 fully saturated rings. The zero-order chi connectivity index (χ0) is 14.8. The van der Waals surface area contributed by atoms with Crippen molar-refractivity contribution in [2.45, 2.75) is 18.9 Å². The number of carbonyl (C=O) groups excluding carboxylic acids is 1. The van der Waals surface area contributed by atoms with Gasteiger partial charge in [0.15, 0.2) is 0 Å². The van der Waals surface area contributed by atoms with Gasteiger partial charge in [0.1, 0.15) is 5.82 Å². The minimum atomic E-state index is -0.442. The maximum Gasteiger partial charge on any atom is 0.227 e. The molecule has 1 aromatic carbocycles. The van der Waals surface area contributed by atoms with Crippen LogP contribution >= 0.6 is 11.6 Å². The average molecular weight is 309 g/mol. The van der Waals surface area contributed by atoms with Crippen LogP contribution in [0.15, 0.2) is 30.6 Å². The van der Waals surface area contributed by atoms with Crippen molar-refractivity contribution in [3.8, 4) is 0 Å². The zero-order valence-electron chi connectivity index (χ0n) is 11.2. The minimum Gasteiger partial charge on any atom is -0.340 e. The van der Waals surface area contributed by atoms with E-state index in [1.165, 1.54) is 12.1 Å². The number of hydrogen-bond acceptors (Lipinski definition) is 3. The van der Waals surface area contributed by atoms with Gasteiger partial charge in [-0.25, -0.2) is 9.07 Å². The first-order chi connectivity index (χ1) is 10.1. The largest absolute Gasteiger partial charge is 0.340 e. The first kappa shape index (κ1) is 14.0. The molecule has 0 N–H and O–H groups in total. The Bertz CT molecular complexity index is 626. The van der Waals surface area contributed by atoms with Gasteiger partial charge in [0.25, 0.3) is 0 Å². The maximum absolute atomic E-state index is 13.7. The molecule has 2 aromatic rings. The smallest absolute Gasteiger partial charge is 0.227 e. The van der Waals surface area contributed by atoms with Crippen molar-refractivity contribution in [3.63, 3.8) is 0 Å². The van der Waals surface area contributed by atoms with Crippen molar-refractivity contribution in [1.29, 1.82) is 0 Å². The summed E-state index contributed by atoms with van der Waals surface area (Å²) in [6.45, 7) is 1.20. The van der Waals surface area contributed by atoms with E-state index in [1.54, 1.807) is 28.0 Å².